The Hall–Kier alpha value is -5.23. The number of rotatable bonds is 10. The fraction of sp³-hybridized carbons (Fsp3) is 0.188. The minimum Gasteiger partial charge on any atom is -0.484 e. The quantitative estimate of drug-likeness (QED) is 0.213. The summed E-state index contributed by atoms with van der Waals surface area (Å²) in [7, 11) is 1.66. The number of carbonyl (C=O) groups excluding carboxylic acids is 3. The van der Waals surface area contributed by atoms with Crippen LogP contribution in [0, 0.1) is 0 Å². The zero-order valence-corrected chi connectivity index (χ0v) is 24.5. The normalized spacial score (nSPS) is 17.5. The van der Waals surface area contributed by atoms with Gasteiger partial charge in [0.2, 0.25) is 0 Å². The monoisotopic (exact) mass is 608 g/mol. The number of hydrogen-bond acceptors (Lipinski definition) is 9. The second-order valence-corrected chi connectivity index (χ2v) is 11.2. The second kappa shape index (κ2) is 12.6. The molecule has 3 aromatic carbocycles. The van der Waals surface area contributed by atoms with Crippen molar-refractivity contribution in [3.8, 4) is 5.75 Å². The van der Waals surface area contributed by atoms with Crippen LogP contribution < -0.4 is 10.1 Å². The van der Waals surface area contributed by atoms with Gasteiger partial charge < -0.3 is 14.8 Å². The van der Waals surface area contributed by atoms with Crippen molar-refractivity contribution in [3.63, 3.8) is 0 Å². The number of carbonyl (C=O) groups is 3. The Bertz CT molecular complexity index is 1690. The number of nitrogens with one attached hydrogen (secondary N) is 1. The SMILES string of the molecule is C=C(C1=C(C(=O)OC(c2ccccc2)c2ccccc2)N2C(=O)C(NC(=O)COc3ccccc3)[C@H]2SC1)c1nnnn1C. The molecule has 1 saturated heterocycles. The van der Waals surface area contributed by atoms with Gasteiger partial charge in [0.1, 0.15) is 22.9 Å². The molecule has 12 heteroatoms. The molecule has 0 bridgehead atoms. The van der Waals surface area contributed by atoms with Crippen LogP contribution in [-0.2, 0) is 26.2 Å². The predicted molar refractivity (Wildman–Crippen MR) is 163 cm³/mol. The number of hydrogen-bond donors (Lipinski definition) is 1. The van der Waals surface area contributed by atoms with E-state index in [1.54, 1.807) is 31.3 Å². The van der Waals surface area contributed by atoms with Crippen LogP contribution in [0.15, 0.2) is 109 Å². The largest absolute Gasteiger partial charge is 0.484 e. The lowest BCUT2D eigenvalue weighted by Crippen LogP contribution is -2.71. The van der Waals surface area contributed by atoms with Crippen molar-refractivity contribution in [2.75, 3.05) is 12.4 Å². The van der Waals surface area contributed by atoms with Gasteiger partial charge in [0.05, 0.1) is 0 Å². The molecule has 222 valence electrons. The predicted octanol–water partition coefficient (Wildman–Crippen LogP) is 3.29. The molecule has 0 spiro atoms. The highest BCUT2D eigenvalue weighted by atomic mass is 32.2. The first-order valence-electron chi connectivity index (χ1n) is 13.8. The third-order valence-corrected chi connectivity index (χ3v) is 8.55. The number of tetrazole rings is 1. The Morgan fingerprint density at radius 3 is 2.20 bits per heavy atom. The average Bonchev–Trinajstić information content (AvgIpc) is 3.50. The molecule has 2 amide bonds. The summed E-state index contributed by atoms with van der Waals surface area (Å²) in [6, 6.07) is 26.8. The number of ether oxygens (including phenoxy) is 2. The lowest BCUT2D eigenvalue weighted by Gasteiger charge is -2.50. The topological polar surface area (TPSA) is 129 Å². The maximum atomic E-state index is 14.2. The van der Waals surface area contributed by atoms with E-state index in [9.17, 15) is 14.4 Å². The van der Waals surface area contributed by atoms with Crippen LogP contribution in [0.2, 0.25) is 0 Å². The summed E-state index contributed by atoms with van der Waals surface area (Å²) >= 11 is 1.40. The van der Waals surface area contributed by atoms with Gasteiger partial charge in [-0.1, -0.05) is 85.4 Å². The van der Waals surface area contributed by atoms with Crippen LogP contribution in [-0.4, -0.2) is 66.7 Å². The Kier molecular flexibility index (Phi) is 8.24. The van der Waals surface area contributed by atoms with Crippen molar-refractivity contribution in [2.24, 2.45) is 7.05 Å². The Labute approximate surface area is 257 Å². The standard InChI is InChI=1S/C32H28N6O5S/c1-20(29-34-35-36-37(29)2)24-19-44-31-26(33-25(39)18-42-23-16-10-5-11-17-23)30(40)38(31)27(24)32(41)43-28(21-12-6-3-7-13-21)22-14-8-4-9-15-22/h3-17,26,28,31H,1,18-19H2,2H3,(H,33,39)/t26?,31-/m1/s1. The molecule has 6 rings (SSSR count). The maximum Gasteiger partial charge on any atom is 0.356 e. The van der Waals surface area contributed by atoms with Gasteiger partial charge in [-0.2, -0.15) is 0 Å². The van der Waals surface area contributed by atoms with E-state index in [1.807, 2.05) is 66.7 Å². The summed E-state index contributed by atoms with van der Waals surface area (Å²) in [6.45, 7) is 3.92. The molecule has 1 fully saturated rings. The molecule has 0 radical (unpaired) electrons. The van der Waals surface area contributed by atoms with E-state index in [-0.39, 0.29) is 12.3 Å². The highest BCUT2D eigenvalue weighted by molar-refractivity contribution is 8.00. The molecular formula is C32H28N6O5S. The summed E-state index contributed by atoms with van der Waals surface area (Å²) in [6.07, 6.45) is -0.738. The molecule has 44 heavy (non-hydrogen) atoms. The first kappa shape index (κ1) is 28.9. The number of thioether (sulfide) groups is 1. The van der Waals surface area contributed by atoms with Gasteiger partial charge >= 0.3 is 5.97 Å². The van der Waals surface area contributed by atoms with E-state index in [1.165, 1.54) is 21.3 Å². The van der Waals surface area contributed by atoms with Crippen molar-refractivity contribution in [1.29, 1.82) is 0 Å². The van der Waals surface area contributed by atoms with E-state index in [2.05, 4.69) is 27.4 Å². The molecule has 0 aliphatic carbocycles. The number of nitrogens with zero attached hydrogens (tertiary/aromatic N) is 5. The number of aryl methyl sites for hydroxylation is 1. The molecule has 2 atom stereocenters. The van der Waals surface area contributed by atoms with Gasteiger partial charge in [-0.3, -0.25) is 14.5 Å². The van der Waals surface area contributed by atoms with E-state index < -0.39 is 35.3 Å². The number of β-lactam (4-membered cyclic amide) rings is 1. The van der Waals surface area contributed by atoms with Crippen LogP contribution in [0.4, 0.5) is 0 Å². The van der Waals surface area contributed by atoms with Crippen LogP contribution in [0.25, 0.3) is 5.57 Å². The summed E-state index contributed by atoms with van der Waals surface area (Å²) in [5.74, 6) is -0.405. The average molecular weight is 609 g/mol. The Balaban J connectivity index is 1.29. The number of fused-ring (bicyclic) bond motifs is 1. The lowest BCUT2D eigenvalue weighted by molar-refractivity contribution is -0.154. The smallest absolute Gasteiger partial charge is 0.356 e. The lowest BCUT2D eigenvalue weighted by atomic mass is 9.98. The summed E-state index contributed by atoms with van der Waals surface area (Å²) in [4.78, 5) is 41.9. The fourth-order valence-electron chi connectivity index (χ4n) is 5.09. The van der Waals surface area contributed by atoms with Crippen LogP contribution in [0.3, 0.4) is 0 Å². The van der Waals surface area contributed by atoms with Crippen LogP contribution >= 0.6 is 11.8 Å². The number of allylic oxidation sites excluding steroid dienone is 1. The highest BCUT2D eigenvalue weighted by Crippen LogP contribution is 2.44. The van der Waals surface area contributed by atoms with Crippen molar-refractivity contribution in [1.82, 2.24) is 30.4 Å². The molecule has 11 nitrogen and oxygen atoms in total. The highest BCUT2D eigenvalue weighted by Gasteiger charge is 2.55. The third-order valence-electron chi connectivity index (χ3n) is 7.28. The van der Waals surface area contributed by atoms with Crippen molar-refractivity contribution >= 4 is 35.1 Å². The van der Waals surface area contributed by atoms with Gasteiger partial charge in [-0.05, 0) is 33.7 Å². The van der Waals surface area contributed by atoms with E-state index in [4.69, 9.17) is 9.47 Å². The summed E-state index contributed by atoms with van der Waals surface area (Å²) in [5, 5.41) is 13.9. The van der Waals surface area contributed by atoms with Crippen LogP contribution in [0.1, 0.15) is 23.1 Å². The van der Waals surface area contributed by atoms with Gasteiger partial charge in [0.25, 0.3) is 11.8 Å². The van der Waals surface area contributed by atoms with Gasteiger partial charge in [0.15, 0.2) is 18.5 Å². The van der Waals surface area contributed by atoms with Gasteiger partial charge in [0, 0.05) is 23.9 Å². The van der Waals surface area contributed by atoms with Crippen LogP contribution in [0.5, 0.6) is 5.75 Å². The van der Waals surface area contributed by atoms with Crippen molar-refractivity contribution < 1.29 is 23.9 Å². The molecule has 2 aliphatic rings. The zero-order chi connectivity index (χ0) is 30.6. The molecule has 1 aromatic heterocycles. The molecule has 2 aliphatic heterocycles. The first-order chi connectivity index (χ1) is 21.4. The van der Waals surface area contributed by atoms with E-state index in [0.29, 0.717) is 28.5 Å². The number of para-hydroxylation sites is 1. The minimum absolute atomic E-state index is 0.0506. The molecular weight excluding hydrogens is 580 g/mol. The molecule has 0 saturated carbocycles. The van der Waals surface area contributed by atoms with Gasteiger partial charge in [-0.15, -0.1) is 16.9 Å². The molecule has 1 N–H and O–H groups in total. The minimum atomic E-state index is -0.847. The Morgan fingerprint density at radius 1 is 1.00 bits per heavy atom. The fourth-order valence-corrected chi connectivity index (χ4v) is 6.47. The maximum absolute atomic E-state index is 14.2. The third kappa shape index (κ3) is 5.71. The second-order valence-electron chi connectivity index (χ2n) is 10.1. The molecule has 4 aromatic rings. The number of esters is 1. The summed E-state index contributed by atoms with van der Waals surface area (Å²) in [5.41, 5.74) is 2.45. The van der Waals surface area contributed by atoms with Crippen molar-refractivity contribution in [2.45, 2.75) is 17.5 Å². The Morgan fingerprint density at radius 2 is 1.61 bits per heavy atom. The van der Waals surface area contributed by atoms with Crippen molar-refractivity contribution in [3.05, 3.63) is 126 Å². The zero-order valence-electron chi connectivity index (χ0n) is 23.7. The number of amides is 2. The summed E-state index contributed by atoms with van der Waals surface area (Å²) < 4.78 is 13.2. The van der Waals surface area contributed by atoms with Gasteiger partial charge in [-0.25, -0.2) is 9.48 Å². The van der Waals surface area contributed by atoms with E-state index in [0.717, 1.165) is 11.1 Å². The van der Waals surface area contributed by atoms with E-state index >= 15 is 0 Å². The first-order valence-corrected chi connectivity index (χ1v) is 14.8. The number of aromatic nitrogens is 4. The number of benzene rings is 3. The molecule has 1 unspecified atom stereocenters. The molecule has 3 heterocycles.